The molecule has 1 spiro atoms. The molecule has 0 radical (unpaired) electrons. The predicted octanol–water partition coefficient (Wildman–Crippen LogP) is 5.53. The van der Waals surface area contributed by atoms with Gasteiger partial charge in [-0.2, -0.15) is 14.4 Å². The Bertz CT molecular complexity index is 2160. The second-order valence-electron chi connectivity index (χ2n) is 15.9. The van der Waals surface area contributed by atoms with Gasteiger partial charge in [0.25, 0.3) is 0 Å². The van der Waals surface area contributed by atoms with Crippen molar-refractivity contribution in [2.24, 2.45) is 12.5 Å². The third-order valence-corrected chi connectivity index (χ3v) is 13.3. The SMILES string of the molecule is Cc1cc2cc([C@@H](c3ccc(C)c(CN4CC5(CCOCC5)Oc5nc(OCCN6CCCCC6)c(C)cc5S4(=O)=O)c3)C(C)(C)C(=O)O)n(C)c2nn1. The molecule has 3 aromatic heterocycles. The van der Waals surface area contributed by atoms with E-state index in [-0.39, 0.29) is 23.9 Å². The maximum Gasteiger partial charge on any atom is 0.310 e. The molecule has 13 nitrogen and oxygen atoms in total. The van der Waals surface area contributed by atoms with Gasteiger partial charge >= 0.3 is 5.97 Å². The van der Waals surface area contributed by atoms with Crippen molar-refractivity contribution in [3.63, 3.8) is 0 Å². The Morgan fingerprint density at radius 3 is 2.48 bits per heavy atom. The lowest BCUT2D eigenvalue weighted by Gasteiger charge is -2.38. The van der Waals surface area contributed by atoms with Gasteiger partial charge in [0, 0.05) is 55.5 Å². The third-order valence-electron chi connectivity index (χ3n) is 11.5. The standard InChI is InChI=1S/C40H52N6O7S/c1-26-10-11-29(34(39(4,5)38(47)48)32-23-30-21-28(3)42-43-35(30)44(32)6)22-31(26)24-46-25-40(12-17-51-18-13-40)53-37-33(54(46,49)50)20-27(2)36(41-37)52-19-16-45-14-8-7-9-15-45/h10-11,20-23,34H,7-9,12-19,24-25H2,1-6H3,(H,47,48)/t34-/m1/s1. The Labute approximate surface area is 317 Å². The first-order valence-corrected chi connectivity index (χ1v) is 20.4. The second-order valence-corrected chi connectivity index (χ2v) is 17.8. The van der Waals surface area contributed by atoms with Crippen LogP contribution in [0.25, 0.3) is 11.0 Å². The van der Waals surface area contributed by atoms with Gasteiger partial charge in [-0.15, -0.1) is 5.10 Å². The molecule has 3 aliphatic heterocycles. The Balaban J connectivity index is 1.25. The van der Waals surface area contributed by atoms with Crippen LogP contribution in [0.4, 0.5) is 0 Å². The van der Waals surface area contributed by atoms with Gasteiger partial charge in [0.2, 0.25) is 21.8 Å². The molecule has 1 aromatic carbocycles. The molecule has 1 atom stereocenters. The predicted molar refractivity (Wildman–Crippen MR) is 203 cm³/mol. The van der Waals surface area contributed by atoms with Crippen LogP contribution in [0.1, 0.15) is 85.5 Å². The molecular weight excluding hydrogens is 709 g/mol. The van der Waals surface area contributed by atoms with Gasteiger partial charge in [-0.1, -0.05) is 24.6 Å². The number of carbonyl (C=O) groups is 1. The normalized spacial score (nSPS) is 19.6. The fraction of sp³-hybridized carbons (Fsp3) is 0.550. The number of benzene rings is 1. The molecule has 7 rings (SSSR count). The molecule has 0 saturated carbocycles. The number of sulfonamides is 1. The van der Waals surface area contributed by atoms with Gasteiger partial charge in [0.05, 0.1) is 30.9 Å². The van der Waals surface area contributed by atoms with E-state index in [0.717, 1.165) is 53.1 Å². The van der Waals surface area contributed by atoms with E-state index >= 15 is 0 Å². The quantitative estimate of drug-likeness (QED) is 0.218. The minimum Gasteiger partial charge on any atom is -0.481 e. The van der Waals surface area contributed by atoms with Gasteiger partial charge in [-0.3, -0.25) is 9.69 Å². The van der Waals surface area contributed by atoms with Crippen LogP contribution in [0.5, 0.6) is 11.8 Å². The van der Waals surface area contributed by atoms with Crippen molar-refractivity contribution in [2.45, 2.75) is 89.7 Å². The molecule has 2 fully saturated rings. The monoisotopic (exact) mass is 760 g/mol. The van der Waals surface area contributed by atoms with E-state index < -0.39 is 32.9 Å². The van der Waals surface area contributed by atoms with Crippen LogP contribution >= 0.6 is 0 Å². The van der Waals surface area contributed by atoms with Gasteiger partial charge in [-0.25, -0.2) is 8.42 Å². The van der Waals surface area contributed by atoms with Gasteiger partial charge in [0.1, 0.15) is 17.1 Å². The molecule has 0 amide bonds. The highest BCUT2D eigenvalue weighted by atomic mass is 32.2. The average molecular weight is 761 g/mol. The number of aliphatic carboxylic acids is 1. The molecule has 0 unspecified atom stereocenters. The number of pyridine rings is 1. The Morgan fingerprint density at radius 1 is 1.02 bits per heavy atom. The highest BCUT2D eigenvalue weighted by Gasteiger charge is 2.46. The van der Waals surface area contributed by atoms with Crippen LogP contribution in [0, 0.1) is 26.2 Å². The van der Waals surface area contributed by atoms with Crippen molar-refractivity contribution < 1.29 is 32.5 Å². The zero-order chi connectivity index (χ0) is 38.4. The lowest BCUT2D eigenvalue weighted by atomic mass is 9.72. The number of carboxylic acids is 1. The summed E-state index contributed by atoms with van der Waals surface area (Å²) in [6.07, 6.45) is 4.63. The lowest BCUT2D eigenvalue weighted by Crippen LogP contribution is -2.50. The largest absolute Gasteiger partial charge is 0.481 e. The summed E-state index contributed by atoms with van der Waals surface area (Å²) >= 11 is 0. The maximum absolute atomic E-state index is 14.7. The number of hydrogen-bond acceptors (Lipinski definition) is 10. The lowest BCUT2D eigenvalue weighted by molar-refractivity contribution is -0.147. The average Bonchev–Trinajstić information content (AvgIpc) is 3.41. The molecule has 6 heterocycles. The van der Waals surface area contributed by atoms with Gasteiger partial charge in [0.15, 0.2) is 5.65 Å². The van der Waals surface area contributed by atoms with Crippen molar-refractivity contribution in [3.05, 3.63) is 70.0 Å². The number of likely N-dealkylation sites (tertiary alicyclic amines) is 1. The van der Waals surface area contributed by atoms with E-state index in [1.54, 1.807) is 19.9 Å². The first-order chi connectivity index (χ1) is 25.7. The summed E-state index contributed by atoms with van der Waals surface area (Å²) < 4.78 is 51.4. The summed E-state index contributed by atoms with van der Waals surface area (Å²) in [5.41, 5.74) is 3.13. The maximum atomic E-state index is 14.7. The van der Waals surface area contributed by atoms with E-state index in [1.807, 2.05) is 62.7 Å². The Kier molecular flexibility index (Phi) is 10.5. The first-order valence-electron chi connectivity index (χ1n) is 18.9. The van der Waals surface area contributed by atoms with E-state index in [4.69, 9.17) is 19.2 Å². The topological polar surface area (TPSA) is 149 Å². The molecule has 14 heteroatoms. The third kappa shape index (κ3) is 7.33. The van der Waals surface area contributed by atoms with Crippen molar-refractivity contribution in [1.29, 1.82) is 0 Å². The fourth-order valence-electron chi connectivity index (χ4n) is 8.18. The van der Waals surface area contributed by atoms with Crippen molar-refractivity contribution in [1.82, 2.24) is 29.0 Å². The zero-order valence-corrected chi connectivity index (χ0v) is 33.0. The van der Waals surface area contributed by atoms with Crippen LogP contribution in [0.15, 0.2) is 41.3 Å². The highest BCUT2D eigenvalue weighted by molar-refractivity contribution is 7.89. The Hall–Kier alpha value is -4.11. The van der Waals surface area contributed by atoms with Crippen LogP contribution in [-0.4, -0.2) is 100 Å². The van der Waals surface area contributed by atoms with Crippen LogP contribution in [-0.2, 0) is 33.1 Å². The number of piperidine rings is 1. The number of fused-ring (bicyclic) bond motifs is 2. The number of carboxylic acid groups (broad SMARTS) is 1. The smallest absolute Gasteiger partial charge is 0.310 e. The zero-order valence-electron chi connectivity index (χ0n) is 32.2. The Morgan fingerprint density at radius 2 is 1.76 bits per heavy atom. The molecule has 0 aliphatic carbocycles. The fourth-order valence-corrected chi connectivity index (χ4v) is 9.80. The van der Waals surface area contributed by atoms with E-state index in [0.29, 0.717) is 49.8 Å². The van der Waals surface area contributed by atoms with Crippen LogP contribution < -0.4 is 9.47 Å². The molecule has 2 saturated heterocycles. The molecular formula is C40H52N6O7S. The second kappa shape index (κ2) is 14.9. The summed E-state index contributed by atoms with van der Waals surface area (Å²) in [4.78, 5) is 20.0. The van der Waals surface area contributed by atoms with E-state index in [2.05, 4.69) is 15.1 Å². The van der Waals surface area contributed by atoms with Crippen molar-refractivity contribution in [2.75, 3.05) is 46.0 Å². The molecule has 54 heavy (non-hydrogen) atoms. The van der Waals surface area contributed by atoms with E-state index in [9.17, 15) is 18.3 Å². The number of nitrogens with zero attached hydrogens (tertiary/aromatic N) is 6. The first kappa shape index (κ1) is 38.2. The minimum atomic E-state index is -4.11. The van der Waals surface area contributed by atoms with Crippen LogP contribution in [0.3, 0.4) is 0 Å². The van der Waals surface area contributed by atoms with Gasteiger partial charge < -0.3 is 23.9 Å². The summed E-state index contributed by atoms with van der Waals surface area (Å²) in [6.45, 7) is 13.4. The number of ether oxygens (including phenoxy) is 3. The number of hydrogen-bond donors (Lipinski definition) is 1. The number of aromatic nitrogens is 4. The number of aryl methyl sites for hydroxylation is 4. The molecule has 1 N–H and O–H groups in total. The summed E-state index contributed by atoms with van der Waals surface area (Å²) in [5, 5.41) is 20.1. The van der Waals surface area contributed by atoms with Crippen molar-refractivity contribution in [3.8, 4) is 11.8 Å². The molecule has 4 aromatic rings. The van der Waals surface area contributed by atoms with Crippen molar-refractivity contribution >= 4 is 27.0 Å². The molecule has 3 aliphatic rings. The van der Waals surface area contributed by atoms with E-state index in [1.165, 1.54) is 23.6 Å². The summed E-state index contributed by atoms with van der Waals surface area (Å²) in [5.74, 6) is -1.12. The summed E-state index contributed by atoms with van der Waals surface area (Å²) in [6, 6.07) is 11.4. The molecule has 290 valence electrons. The minimum absolute atomic E-state index is 0.0114. The highest BCUT2D eigenvalue weighted by Crippen LogP contribution is 2.44. The summed E-state index contributed by atoms with van der Waals surface area (Å²) in [7, 11) is -2.24. The van der Waals surface area contributed by atoms with Gasteiger partial charge in [-0.05, 0) is 95.4 Å². The van der Waals surface area contributed by atoms with Crippen LogP contribution in [0.2, 0.25) is 0 Å². The molecule has 0 bridgehead atoms. The number of rotatable bonds is 10.